The molecule has 3 N–H and O–H groups in total. The minimum Gasteiger partial charge on any atom is -0.336 e. The summed E-state index contributed by atoms with van der Waals surface area (Å²) in [7, 11) is -3.80. The zero-order chi connectivity index (χ0) is 29.1. The van der Waals surface area contributed by atoms with E-state index in [2.05, 4.69) is 19.7 Å². The van der Waals surface area contributed by atoms with Crippen molar-refractivity contribution in [3.63, 3.8) is 0 Å². The van der Waals surface area contributed by atoms with Gasteiger partial charge in [0, 0.05) is 18.2 Å². The summed E-state index contributed by atoms with van der Waals surface area (Å²) >= 11 is 0. The summed E-state index contributed by atoms with van der Waals surface area (Å²) in [6.07, 6.45) is 1.78. The molecule has 11 heteroatoms. The van der Waals surface area contributed by atoms with Crippen molar-refractivity contribution in [1.82, 2.24) is 19.5 Å². The molecule has 0 aliphatic carbocycles. The summed E-state index contributed by atoms with van der Waals surface area (Å²) in [4.78, 5) is 35.5. The van der Waals surface area contributed by atoms with Crippen molar-refractivity contribution in [2.45, 2.75) is 50.5 Å². The molecule has 0 saturated carbocycles. The number of nitrogens with zero attached hydrogens (tertiary/aromatic N) is 2. The molecule has 0 amide bonds. The van der Waals surface area contributed by atoms with Gasteiger partial charge in [0.25, 0.3) is 15.6 Å². The Hall–Kier alpha value is -4.51. The van der Waals surface area contributed by atoms with E-state index >= 15 is 0 Å². The fraction of sp³-hybridized carbons (Fsp3) is 0.233. The number of aromatic nitrogens is 4. The van der Waals surface area contributed by atoms with Gasteiger partial charge >= 0.3 is 5.69 Å². The number of aromatic amines is 2. The maximum atomic E-state index is 14.7. The first-order valence-electron chi connectivity index (χ1n) is 13.3. The third-order valence-electron chi connectivity index (χ3n) is 6.96. The number of fused-ring (bicyclic) bond motifs is 1. The highest BCUT2D eigenvalue weighted by Crippen LogP contribution is 2.30. The summed E-state index contributed by atoms with van der Waals surface area (Å²) < 4.78 is 44.6. The maximum Gasteiger partial charge on any atom is 0.330 e. The third kappa shape index (κ3) is 5.99. The fourth-order valence-corrected chi connectivity index (χ4v) is 5.95. The first-order valence-corrected chi connectivity index (χ1v) is 14.8. The van der Waals surface area contributed by atoms with E-state index in [9.17, 15) is 22.4 Å². The van der Waals surface area contributed by atoms with Crippen LogP contribution in [0.15, 0.2) is 87.3 Å². The van der Waals surface area contributed by atoms with Gasteiger partial charge in [-0.1, -0.05) is 55.8 Å². The lowest BCUT2D eigenvalue weighted by molar-refractivity contribution is 0.597. The van der Waals surface area contributed by atoms with Gasteiger partial charge in [0.2, 0.25) is 0 Å². The number of unbranched alkanes of at least 4 members (excludes halogenated alkanes) is 1. The standard InChI is InChI=1S/C30H30FN5O4S/c1-3-4-16-36-28-26(29(37)34-30(36)38)32-27(33-28)24(18-21-9-5-6-11-25(21)31)20-12-14-22(15-13-20)35-41(39,40)23-10-7-8-19(2)17-23/h5-15,17,24,35H,3-4,16,18H2,1-2H3,(H,32,33)(H,34,37,38). The molecule has 5 aromatic rings. The zero-order valence-corrected chi connectivity index (χ0v) is 23.5. The van der Waals surface area contributed by atoms with Crippen LogP contribution in [0.4, 0.5) is 10.1 Å². The second-order valence-corrected chi connectivity index (χ2v) is 11.7. The van der Waals surface area contributed by atoms with Crippen LogP contribution in [0.2, 0.25) is 0 Å². The molecule has 0 aliphatic rings. The van der Waals surface area contributed by atoms with Crippen molar-refractivity contribution < 1.29 is 12.8 Å². The third-order valence-corrected chi connectivity index (χ3v) is 8.34. The van der Waals surface area contributed by atoms with Gasteiger partial charge in [-0.15, -0.1) is 0 Å². The second kappa shape index (κ2) is 11.5. The van der Waals surface area contributed by atoms with E-state index in [0.29, 0.717) is 29.2 Å². The largest absolute Gasteiger partial charge is 0.336 e. The Morgan fingerprint density at radius 1 is 1.00 bits per heavy atom. The summed E-state index contributed by atoms with van der Waals surface area (Å²) in [5.41, 5.74) is 1.62. The van der Waals surface area contributed by atoms with E-state index in [0.717, 1.165) is 18.4 Å². The lowest BCUT2D eigenvalue weighted by atomic mass is 9.91. The predicted molar refractivity (Wildman–Crippen MR) is 156 cm³/mol. The van der Waals surface area contributed by atoms with E-state index in [1.807, 2.05) is 19.9 Å². The Bertz CT molecular complexity index is 1930. The van der Waals surface area contributed by atoms with Gasteiger partial charge < -0.3 is 4.98 Å². The van der Waals surface area contributed by atoms with Crippen LogP contribution >= 0.6 is 0 Å². The summed E-state index contributed by atoms with van der Waals surface area (Å²) in [6, 6.07) is 19.7. The maximum absolute atomic E-state index is 14.7. The van der Waals surface area contributed by atoms with Crippen LogP contribution in [0.5, 0.6) is 0 Å². The molecule has 212 valence electrons. The Morgan fingerprint density at radius 2 is 1.76 bits per heavy atom. The van der Waals surface area contributed by atoms with Crippen LogP contribution in [-0.2, 0) is 23.0 Å². The molecule has 41 heavy (non-hydrogen) atoms. The van der Waals surface area contributed by atoms with Crippen LogP contribution in [0.25, 0.3) is 11.2 Å². The lowest BCUT2D eigenvalue weighted by Gasteiger charge is -2.17. The Balaban J connectivity index is 1.55. The van der Waals surface area contributed by atoms with Gasteiger partial charge in [-0.05, 0) is 66.8 Å². The number of hydrogen-bond donors (Lipinski definition) is 3. The van der Waals surface area contributed by atoms with Crippen molar-refractivity contribution in [1.29, 1.82) is 0 Å². The van der Waals surface area contributed by atoms with E-state index in [4.69, 9.17) is 0 Å². The summed E-state index contributed by atoms with van der Waals surface area (Å²) in [5.74, 6) is -0.526. The molecule has 1 unspecified atom stereocenters. The molecular formula is C30H30FN5O4S. The van der Waals surface area contributed by atoms with Crippen molar-refractivity contribution >= 4 is 26.9 Å². The second-order valence-electron chi connectivity index (χ2n) is 9.98. The van der Waals surface area contributed by atoms with Crippen LogP contribution in [0.3, 0.4) is 0 Å². The van der Waals surface area contributed by atoms with E-state index < -0.39 is 27.2 Å². The normalized spacial score (nSPS) is 12.5. The molecule has 0 radical (unpaired) electrons. The molecule has 0 fully saturated rings. The van der Waals surface area contributed by atoms with Gasteiger partial charge in [0.1, 0.15) is 17.2 Å². The summed E-state index contributed by atoms with van der Waals surface area (Å²) in [5, 5.41) is 0. The van der Waals surface area contributed by atoms with Gasteiger partial charge in [-0.25, -0.2) is 22.6 Å². The molecule has 3 aromatic carbocycles. The van der Waals surface area contributed by atoms with Crippen molar-refractivity contribution in [3.8, 4) is 0 Å². The van der Waals surface area contributed by atoms with Crippen LogP contribution in [0.1, 0.15) is 48.2 Å². The molecule has 2 aromatic heterocycles. The number of benzene rings is 3. The molecular weight excluding hydrogens is 545 g/mol. The highest BCUT2D eigenvalue weighted by molar-refractivity contribution is 7.92. The minimum atomic E-state index is -3.80. The van der Waals surface area contributed by atoms with Crippen LogP contribution in [0, 0.1) is 12.7 Å². The van der Waals surface area contributed by atoms with Crippen molar-refractivity contribution in [3.05, 3.63) is 122 Å². The van der Waals surface area contributed by atoms with E-state index in [1.54, 1.807) is 54.6 Å². The number of imidazole rings is 1. The van der Waals surface area contributed by atoms with Gasteiger partial charge in [0.15, 0.2) is 5.65 Å². The Morgan fingerprint density at radius 3 is 2.46 bits per heavy atom. The fourth-order valence-electron chi connectivity index (χ4n) is 4.78. The van der Waals surface area contributed by atoms with Gasteiger partial charge in [0.05, 0.1) is 4.90 Å². The number of sulfonamides is 1. The van der Waals surface area contributed by atoms with E-state index in [1.165, 1.54) is 16.7 Å². The Kier molecular flexibility index (Phi) is 7.89. The minimum absolute atomic E-state index is 0.153. The Labute approximate surface area is 236 Å². The average molecular weight is 576 g/mol. The average Bonchev–Trinajstić information content (AvgIpc) is 3.39. The van der Waals surface area contributed by atoms with Crippen molar-refractivity contribution in [2.75, 3.05) is 4.72 Å². The first-order chi connectivity index (χ1) is 19.7. The molecule has 0 aliphatic heterocycles. The highest BCUT2D eigenvalue weighted by atomic mass is 32.2. The molecule has 9 nitrogen and oxygen atoms in total. The van der Waals surface area contributed by atoms with Crippen LogP contribution < -0.4 is 16.0 Å². The lowest BCUT2D eigenvalue weighted by Crippen LogP contribution is -2.30. The molecule has 2 heterocycles. The van der Waals surface area contributed by atoms with E-state index in [-0.39, 0.29) is 28.3 Å². The number of H-pyrrole nitrogens is 2. The number of aryl methyl sites for hydroxylation is 2. The topological polar surface area (TPSA) is 130 Å². The molecule has 1 atom stereocenters. The number of nitrogens with one attached hydrogen (secondary N) is 3. The number of anilines is 1. The predicted octanol–water partition coefficient (Wildman–Crippen LogP) is 4.84. The smallest absolute Gasteiger partial charge is 0.330 e. The first kappa shape index (κ1) is 28.0. The van der Waals surface area contributed by atoms with Crippen LogP contribution in [-0.4, -0.2) is 27.9 Å². The highest BCUT2D eigenvalue weighted by Gasteiger charge is 2.23. The molecule has 0 saturated heterocycles. The number of hydrogen-bond acceptors (Lipinski definition) is 5. The van der Waals surface area contributed by atoms with Crippen molar-refractivity contribution in [2.24, 2.45) is 0 Å². The molecule has 0 spiro atoms. The summed E-state index contributed by atoms with van der Waals surface area (Å²) in [6.45, 7) is 4.21. The van der Waals surface area contributed by atoms with Gasteiger partial charge in [-0.2, -0.15) is 0 Å². The zero-order valence-electron chi connectivity index (χ0n) is 22.6. The molecule has 0 bridgehead atoms. The number of halogens is 1. The molecule has 5 rings (SSSR count). The van der Waals surface area contributed by atoms with Gasteiger partial charge in [-0.3, -0.25) is 19.1 Å². The monoisotopic (exact) mass is 575 g/mol. The number of rotatable bonds is 10. The SMILES string of the molecule is CCCCn1c(=O)[nH]c(=O)c2[nH]c(C(Cc3ccccc3F)c3ccc(NS(=O)(=O)c4cccc(C)c4)cc3)nc21. The quantitative estimate of drug-likeness (QED) is 0.220.